The molecular formula is C12H16Br2N2O2S. The van der Waals surface area contributed by atoms with Gasteiger partial charge in [-0.15, -0.1) is 0 Å². The van der Waals surface area contributed by atoms with Crippen molar-refractivity contribution in [3.8, 4) is 0 Å². The highest BCUT2D eigenvalue weighted by atomic mass is 79.9. The van der Waals surface area contributed by atoms with Gasteiger partial charge in [0.25, 0.3) is 0 Å². The second kappa shape index (κ2) is 6.22. The van der Waals surface area contributed by atoms with Crippen LogP contribution in [0.4, 0.5) is 0 Å². The van der Waals surface area contributed by atoms with Crippen molar-refractivity contribution in [2.24, 2.45) is 5.73 Å². The van der Waals surface area contributed by atoms with E-state index < -0.39 is 10.0 Å². The van der Waals surface area contributed by atoms with Crippen LogP contribution in [0.25, 0.3) is 0 Å². The van der Waals surface area contributed by atoms with Gasteiger partial charge >= 0.3 is 0 Å². The summed E-state index contributed by atoms with van der Waals surface area (Å²) in [4.78, 5) is 0.261. The molecule has 0 spiro atoms. The first-order chi connectivity index (χ1) is 8.88. The van der Waals surface area contributed by atoms with E-state index in [0.29, 0.717) is 4.47 Å². The molecule has 7 heteroatoms. The van der Waals surface area contributed by atoms with E-state index in [4.69, 9.17) is 5.73 Å². The summed E-state index contributed by atoms with van der Waals surface area (Å²) >= 11 is 6.57. The minimum absolute atomic E-state index is 0.0179. The lowest BCUT2D eigenvalue weighted by Crippen LogP contribution is -2.40. The fourth-order valence-electron chi connectivity index (χ4n) is 2.20. The van der Waals surface area contributed by atoms with Gasteiger partial charge in [-0.1, -0.05) is 15.9 Å². The first kappa shape index (κ1) is 15.4. The third-order valence-corrected chi connectivity index (χ3v) is 6.28. The lowest BCUT2D eigenvalue weighted by molar-refractivity contribution is 0.373. The smallest absolute Gasteiger partial charge is 0.241 e. The lowest BCUT2D eigenvalue weighted by Gasteiger charge is -2.26. The molecule has 0 unspecified atom stereocenters. The maximum Gasteiger partial charge on any atom is 0.241 e. The molecule has 19 heavy (non-hydrogen) atoms. The van der Waals surface area contributed by atoms with E-state index >= 15 is 0 Å². The Labute approximate surface area is 130 Å². The predicted octanol–water partition coefficient (Wildman–Crippen LogP) is 2.76. The molecule has 1 aromatic rings. The first-order valence-corrected chi connectivity index (χ1v) is 9.18. The van der Waals surface area contributed by atoms with Crippen LogP contribution in [0.5, 0.6) is 0 Å². The van der Waals surface area contributed by atoms with E-state index in [0.717, 1.165) is 30.2 Å². The monoisotopic (exact) mass is 410 g/mol. The van der Waals surface area contributed by atoms with Gasteiger partial charge < -0.3 is 5.73 Å². The highest BCUT2D eigenvalue weighted by Crippen LogP contribution is 2.27. The Morgan fingerprint density at radius 2 is 1.79 bits per heavy atom. The number of rotatable bonds is 3. The van der Waals surface area contributed by atoms with Gasteiger partial charge in [0.1, 0.15) is 0 Å². The van der Waals surface area contributed by atoms with Crippen LogP contribution >= 0.6 is 31.9 Å². The molecule has 0 amide bonds. The van der Waals surface area contributed by atoms with Crippen LogP contribution in [-0.2, 0) is 10.0 Å². The molecule has 0 heterocycles. The van der Waals surface area contributed by atoms with Crippen LogP contribution in [0.2, 0.25) is 0 Å². The number of benzene rings is 1. The van der Waals surface area contributed by atoms with Crippen molar-refractivity contribution in [2.75, 3.05) is 0 Å². The summed E-state index contributed by atoms with van der Waals surface area (Å²) in [6, 6.07) is 5.30. The number of sulfonamides is 1. The molecule has 1 saturated carbocycles. The normalized spacial score (nSPS) is 24.4. The minimum Gasteiger partial charge on any atom is -0.328 e. The van der Waals surface area contributed by atoms with Crippen LogP contribution in [0.15, 0.2) is 32.0 Å². The molecule has 1 fully saturated rings. The number of nitrogens with two attached hydrogens (primary N) is 1. The van der Waals surface area contributed by atoms with Crippen molar-refractivity contribution >= 4 is 41.9 Å². The van der Waals surface area contributed by atoms with Crippen molar-refractivity contribution in [2.45, 2.75) is 42.7 Å². The van der Waals surface area contributed by atoms with Gasteiger partial charge in [0, 0.05) is 21.0 Å². The zero-order chi connectivity index (χ0) is 14.0. The van der Waals surface area contributed by atoms with Crippen molar-refractivity contribution in [1.82, 2.24) is 4.72 Å². The number of nitrogens with one attached hydrogen (secondary N) is 1. The molecule has 0 saturated heterocycles. The van der Waals surface area contributed by atoms with Gasteiger partial charge in [-0.3, -0.25) is 0 Å². The predicted molar refractivity (Wildman–Crippen MR) is 82.4 cm³/mol. The molecule has 0 aliphatic heterocycles. The van der Waals surface area contributed by atoms with E-state index in [2.05, 4.69) is 36.6 Å². The highest BCUT2D eigenvalue weighted by molar-refractivity contribution is 9.11. The Balaban J connectivity index is 2.16. The average Bonchev–Trinajstić information content (AvgIpc) is 2.35. The minimum atomic E-state index is -3.50. The largest absolute Gasteiger partial charge is 0.328 e. The topological polar surface area (TPSA) is 72.2 Å². The Hall–Kier alpha value is 0.0500. The molecule has 0 atom stereocenters. The molecule has 1 aliphatic rings. The Kier molecular flexibility index (Phi) is 5.05. The van der Waals surface area contributed by atoms with Gasteiger partial charge in [-0.2, -0.15) is 0 Å². The summed E-state index contributed by atoms with van der Waals surface area (Å²) in [5, 5.41) is 0. The SMILES string of the molecule is NC1CCC(NS(=O)(=O)c2cc(Br)ccc2Br)CC1. The first-order valence-electron chi connectivity index (χ1n) is 6.11. The Bertz CT molecular complexity index is 555. The van der Waals surface area contributed by atoms with E-state index in [9.17, 15) is 8.42 Å². The molecular weight excluding hydrogens is 396 g/mol. The molecule has 0 radical (unpaired) electrons. The molecule has 1 aromatic carbocycles. The summed E-state index contributed by atoms with van der Waals surface area (Å²) in [7, 11) is -3.50. The van der Waals surface area contributed by atoms with Crippen molar-refractivity contribution < 1.29 is 8.42 Å². The Morgan fingerprint density at radius 1 is 1.16 bits per heavy atom. The van der Waals surface area contributed by atoms with Crippen LogP contribution in [0.3, 0.4) is 0 Å². The average molecular weight is 412 g/mol. The summed E-state index contributed by atoms with van der Waals surface area (Å²) in [5.74, 6) is 0. The number of halogens is 2. The zero-order valence-corrected chi connectivity index (χ0v) is 14.3. The molecule has 106 valence electrons. The van der Waals surface area contributed by atoms with Gasteiger partial charge in [-0.25, -0.2) is 13.1 Å². The summed E-state index contributed by atoms with van der Waals surface area (Å²) in [6.07, 6.45) is 3.33. The maximum atomic E-state index is 12.4. The van der Waals surface area contributed by atoms with Crippen LogP contribution in [-0.4, -0.2) is 20.5 Å². The molecule has 1 aliphatic carbocycles. The molecule has 0 aromatic heterocycles. The molecule has 0 bridgehead atoms. The van der Waals surface area contributed by atoms with Crippen LogP contribution < -0.4 is 10.5 Å². The number of hydrogen-bond acceptors (Lipinski definition) is 3. The quantitative estimate of drug-likeness (QED) is 0.803. The maximum absolute atomic E-state index is 12.4. The van der Waals surface area contributed by atoms with Crippen molar-refractivity contribution in [3.63, 3.8) is 0 Å². The van der Waals surface area contributed by atoms with Crippen molar-refractivity contribution in [1.29, 1.82) is 0 Å². The fourth-order valence-corrected chi connectivity index (χ4v) is 5.01. The second-order valence-corrected chi connectivity index (χ2v) is 8.26. The van der Waals surface area contributed by atoms with E-state index in [1.165, 1.54) is 0 Å². The summed E-state index contributed by atoms with van der Waals surface area (Å²) in [5.41, 5.74) is 5.82. The zero-order valence-electron chi connectivity index (χ0n) is 10.3. The Morgan fingerprint density at radius 3 is 2.42 bits per heavy atom. The van der Waals surface area contributed by atoms with Crippen LogP contribution in [0, 0.1) is 0 Å². The van der Waals surface area contributed by atoms with Gasteiger partial charge in [0.15, 0.2) is 0 Å². The number of hydrogen-bond donors (Lipinski definition) is 2. The fraction of sp³-hybridized carbons (Fsp3) is 0.500. The second-order valence-electron chi connectivity index (χ2n) is 4.81. The van der Waals surface area contributed by atoms with E-state index in [1.807, 2.05) is 0 Å². The van der Waals surface area contributed by atoms with Crippen LogP contribution in [0.1, 0.15) is 25.7 Å². The third kappa shape index (κ3) is 4.01. The third-order valence-electron chi connectivity index (χ3n) is 3.28. The van der Waals surface area contributed by atoms with E-state index in [-0.39, 0.29) is 17.0 Å². The summed E-state index contributed by atoms with van der Waals surface area (Å²) < 4.78 is 28.8. The van der Waals surface area contributed by atoms with Gasteiger partial charge in [0.05, 0.1) is 4.90 Å². The van der Waals surface area contributed by atoms with Gasteiger partial charge in [-0.05, 0) is 59.8 Å². The lowest BCUT2D eigenvalue weighted by atomic mass is 9.93. The molecule has 4 nitrogen and oxygen atoms in total. The van der Waals surface area contributed by atoms with Crippen molar-refractivity contribution in [3.05, 3.63) is 27.1 Å². The highest BCUT2D eigenvalue weighted by Gasteiger charge is 2.25. The molecule has 3 N–H and O–H groups in total. The summed E-state index contributed by atoms with van der Waals surface area (Å²) in [6.45, 7) is 0. The van der Waals surface area contributed by atoms with E-state index in [1.54, 1.807) is 18.2 Å². The molecule has 2 rings (SSSR count). The van der Waals surface area contributed by atoms with Gasteiger partial charge in [0.2, 0.25) is 10.0 Å². The standard InChI is InChI=1S/C12H16Br2N2O2S/c13-8-1-6-11(14)12(7-8)19(17,18)16-10-4-2-9(15)3-5-10/h1,6-7,9-10,16H,2-5,15H2.